The largest absolute Gasteiger partial charge is 0.413 e. The summed E-state index contributed by atoms with van der Waals surface area (Å²) in [4.78, 5) is 52.9. The van der Waals surface area contributed by atoms with Crippen molar-refractivity contribution in [2.24, 2.45) is 11.1 Å². The minimum absolute atomic E-state index is 0.0117. The van der Waals surface area contributed by atoms with Crippen molar-refractivity contribution in [1.82, 2.24) is 15.5 Å². The lowest BCUT2D eigenvalue weighted by Gasteiger charge is -2.36. The van der Waals surface area contributed by atoms with Gasteiger partial charge in [0, 0.05) is 30.4 Å². The average Bonchev–Trinajstić information content (AvgIpc) is 3.28. The molecule has 10 heteroatoms. The van der Waals surface area contributed by atoms with Crippen LogP contribution < -0.4 is 21.1 Å². The summed E-state index contributed by atoms with van der Waals surface area (Å²) in [5, 5.41) is 15.8. The number of carbonyl (C=O) groups is 4. The maximum absolute atomic E-state index is 13.8. The Bertz CT molecular complexity index is 1240. The van der Waals surface area contributed by atoms with Gasteiger partial charge in [-0.25, -0.2) is 4.79 Å². The van der Waals surface area contributed by atoms with Crippen molar-refractivity contribution in [3.05, 3.63) is 65.7 Å². The number of nitrogens with one attached hydrogen (secondary N) is 2. The predicted octanol–water partition coefficient (Wildman–Crippen LogP) is 1.87. The summed E-state index contributed by atoms with van der Waals surface area (Å²) < 4.78 is 5.29. The molecule has 1 heterocycles. The smallest absolute Gasteiger partial charge is 0.410 e. The van der Waals surface area contributed by atoms with Crippen molar-refractivity contribution in [3.8, 4) is 18.1 Å². The molecule has 0 aliphatic carbocycles. The Morgan fingerprint density at radius 3 is 2.36 bits per heavy atom. The number of carbonyl (C=O) groups excluding carboxylic acids is 4. The lowest BCUT2D eigenvalue weighted by Crippen LogP contribution is -2.59. The maximum Gasteiger partial charge on any atom is 0.413 e. The van der Waals surface area contributed by atoms with Crippen LogP contribution >= 0.6 is 0 Å². The average molecular weight is 535 g/mol. The molecule has 0 bridgehead atoms. The van der Waals surface area contributed by atoms with E-state index < -0.39 is 53.5 Å². The SMILES string of the molecule is C#Cc1ccc([C@H](C)NC(=O)[C@@H]2C[C@@H](O)CN2C(=O)[C@H](NC(=O)Oc2ccccc2)C(C)(C)CC(N)=O)cc1. The Labute approximate surface area is 227 Å². The monoisotopic (exact) mass is 534 g/mol. The first kappa shape index (κ1) is 29.2. The Morgan fingerprint density at radius 1 is 1.13 bits per heavy atom. The van der Waals surface area contributed by atoms with Gasteiger partial charge in [-0.15, -0.1) is 6.42 Å². The molecule has 1 aliphatic heterocycles. The summed E-state index contributed by atoms with van der Waals surface area (Å²) in [6.45, 7) is 4.88. The van der Waals surface area contributed by atoms with Crippen molar-refractivity contribution >= 4 is 23.8 Å². The summed E-state index contributed by atoms with van der Waals surface area (Å²) in [7, 11) is 0. The number of aliphatic hydroxyl groups is 1. The molecular weight excluding hydrogens is 500 g/mol. The fourth-order valence-electron chi connectivity index (χ4n) is 4.62. The third-order valence-electron chi connectivity index (χ3n) is 6.68. The highest BCUT2D eigenvalue weighted by atomic mass is 16.6. The van der Waals surface area contributed by atoms with E-state index in [1.807, 2.05) is 0 Å². The molecule has 2 aromatic carbocycles. The van der Waals surface area contributed by atoms with Crippen molar-refractivity contribution < 1.29 is 29.0 Å². The first-order chi connectivity index (χ1) is 18.4. The molecule has 4 atom stereocenters. The van der Waals surface area contributed by atoms with Crippen molar-refractivity contribution in [2.75, 3.05) is 6.54 Å². The first-order valence-electron chi connectivity index (χ1n) is 12.6. The lowest BCUT2D eigenvalue weighted by atomic mass is 9.80. The molecule has 1 aliphatic rings. The van der Waals surface area contributed by atoms with E-state index in [4.69, 9.17) is 16.9 Å². The molecule has 0 aromatic heterocycles. The minimum atomic E-state index is -1.28. The van der Waals surface area contributed by atoms with Crippen molar-refractivity contribution in [2.45, 2.75) is 57.8 Å². The second-order valence-corrected chi connectivity index (χ2v) is 10.3. The molecular formula is C29H34N4O6. The third kappa shape index (κ3) is 7.58. The highest BCUT2D eigenvalue weighted by Crippen LogP contribution is 2.30. The van der Waals surface area contributed by atoms with Gasteiger partial charge in [0.05, 0.1) is 12.1 Å². The predicted molar refractivity (Wildman–Crippen MR) is 144 cm³/mol. The van der Waals surface area contributed by atoms with Crippen LogP contribution in [0.1, 0.15) is 50.8 Å². The summed E-state index contributed by atoms with van der Waals surface area (Å²) in [5.41, 5.74) is 5.80. The number of hydrogen-bond acceptors (Lipinski definition) is 6. The van der Waals surface area contributed by atoms with Gasteiger partial charge in [-0.2, -0.15) is 0 Å². The van der Waals surface area contributed by atoms with Crippen LogP contribution in [-0.4, -0.2) is 58.6 Å². The van der Waals surface area contributed by atoms with Crippen LogP contribution in [0.3, 0.4) is 0 Å². The van der Waals surface area contributed by atoms with Gasteiger partial charge in [0.1, 0.15) is 17.8 Å². The Morgan fingerprint density at radius 2 is 1.77 bits per heavy atom. The Kier molecular flexibility index (Phi) is 9.33. The van der Waals surface area contributed by atoms with Crippen molar-refractivity contribution in [3.63, 3.8) is 0 Å². The van der Waals surface area contributed by atoms with E-state index in [2.05, 4.69) is 16.6 Å². The number of para-hydroxylation sites is 1. The molecule has 5 N–H and O–H groups in total. The molecule has 0 saturated carbocycles. The van der Waals surface area contributed by atoms with E-state index in [9.17, 15) is 24.3 Å². The molecule has 0 radical (unpaired) electrons. The van der Waals surface area contributed by atoms with Crippen LogP contribution in [0.2, 0.25) is 0 Å². The molecule has 1 saturated heterocycles. The van der Waals surface area contributed by atoms with E-state index in [1.165, 1.54) is 4.90 Å². The second kappa shape index (κ2) is 12.5. The van der Waals surface area contributed by atoms with Gasteiger partial charge in [0.25, 0.3) is 0 Å². The molecule has 2 aromatic rings. The van der Waals surface area contributed by atoms with Gasteiger partial charge >= 0.3 is 6.09 Å². The van der Waals surface area contributed by atoms with E-state index in [0.29, 0.717) is 5.56 Å². The number of aliphatic hydroxyl groups excluding tert-OH is 1. The van der Waals surface area contributed by atoms with E-state index in [-0.39, 0.29) is 25.1 Å². The highest BCUT2D eigenvalue weighted by molar-refractivity contribution is 5.93. The number of primary amides is 1. The number of nitrogens with two attached hydrogens (primary N) is 1. The Hall–Kier alpha value is -4.36. The number of β-amino-alcohol motifs (C(OH)–C–C–N with tert-alkyl or cyclic N) is 1. The molecule has 3 rings (SSSR count). The quantitative estimate of drug-likeness (QED) is 0.361. The molecule has 4 amide bonds. The molecule has 10 nitrogen and oxygen atoms in total. The fraction of sp³-hybridized carbons (Fsp3) is 0.379. The zero-order valence-electron chi connectivity index (χ0n) is 22.2. The number of nitrogens with zero attached hydrogens (tertiary/aromatic N) is 1. The minimum Gasteiger partial charge on any atom is -0.410 e. The number of terminal acetylenes is 1. The van der Waals surface area contributed by atoms with E-state index in [1.54, 1.807) is 75.4 Å². The van der Waals surface area contributed by atoms with Crippen LogP contribution in [-0.2, 0) is 14.4 Å². The maximum atomic E-state index is 13.8. The molecule has 0 spiro atoms. The number of amides is 4. The molecule has 206 valence electrons. The number of rotatable bonds is 9. The fourth-order valence-corrected chi connectivity index (χ4v) is 4.62. The zero-order chi connectivity index (χ0) is 28.7. The number of benzene rings is 2. The third-order valence-corrected chi connectivity index (χ3v) is 6.68. The summed E-state index contributed by atoms with van der Waals surface area (Å²) >= 11 is 0. The van der Waals surface area contributed by atoms with Crippen LogP contribution in [0.25, 0.3) is 0 Å². The Balaban J connectivity index is 1.81. The van der Waals surface area contributed by atoms with Crippen LogP contribution in [0.4, 0.5) is 4.79 Å². The normalized spacial score (nSPS) is 18.4. The lowest BCUT2D eigenvalue weighted by molar-refractivity contribution is -0.143. The second-order valence-electron chi connectivity index (χ2n) is 10.3. The van der Waals surface area contributed by atoms with Crippen molar-refractivity contribution in [1.29, 1.82) is 0 Å². The highest BCUT2D eigenvalue weighted by Gasteiger charge is 2.46. The van der Waals surface area contributed by atoms with Gasteiger partial charge in [-0.1, -0.05) is 50.1 Å². The molecule has 39 heavy (non-hydrogen) atoms. The first-order valence-corrected chi connectivity index (χ1v) is 12.6. The number of likely N-dealkylation sites (tertiary alicyclic amines) is 1. The number of hydrogen-bond donors (Lipinski definition) is 4. The molecule has 0 unspecified atom stereocenters. The van der Waals surface area contributed by atoms with Crippen LogP contribution in [0.15, 0.2) is 54.6 Å². The van der Waals surface area contributed by atoms with E-state index in [0.717, 1.165) is 5.56 Å². The van der Waals surface area contributed by atoms with Gasteiger partial charge in [0.15, 0.2) is 0 Å². The van der Waals surface area contributed by atoms with Crippen LogP contribution in [0, 0.1) is 17.8 Å². The van der Waals surface area contributed by atoms with Crippen LogP contribution in [0.5, 0.6) is 5.75 Å². The molecule has 1 fully saturated rings. The van der Waals surface area contributed by atoms with Gasteiger partial charge in [-0.05, 0) is 36.8 Å². The summed E-state index contributed by atoms with van der Waals surface area (Å²) in [6.07, 6.45) is 3.32. The van der Waals surface area contributed by atoms with Gasteiger partial charge in [0.2, 0.25) is 17.7 Å². The topological polar surface area (TPSA) is 151 Å². The van der Waals surface area contributed by atoms with Gasteiger partial charge < -0.3 is 31.1 Å². The van der Waals surface area contributed by atoms with E-state index >= 15 is 0 Å². The standard InChI is InChI=1S/C29H34N4O6/c1-5-19-11-13-20(14-12-19)18(2)31-26(36)23-15-21(34)17-33(23)27(37)25(29(3,4)16-24(30)35)32-28(38)39-22-9-7-6-8-10-22/h1,6-14,18,21,23,25,34H,15-17H2,2-4H3,(H2,30,35)(H,31,36)(H,32,38)/t18-,21+,23-,25-/m0/s1. The summed E-state index contributed by atoms with van der Waals surface area (Å²) in [5.74, 6) is 1.01. The van der Waals surface area contributed by atoms with Gasteiger partial charge in [-0.3, -0.25) is 14.4 Å². The number of ether oxygens (including phenoxy) is 1. The zero-order valence-corrected chi connectivity index (χ0v) is 22.2. The summed E-state index contributed by atoms with van der Waals surface area (Å²) in [6, 6.07) is 12.7.